The van der Waals surface area contributed by atoms with Gasteiger partial charge < -0.3 is 14.6 Å². The topological polar surface area (TPSA) is 39.1 Å². The Morgan fingerprint density at radius 2 is 2.15 bits per heavy atom. The normalized spacial score (nSPS) is 19.8. The van der Waals surface area contributed by atoms with Crippen molar-refractivity contribution in [2.45, 2.75) is 71.1 Å². The molecule has 1 fully saturated rings. The maximum absolute atomic E-state index is 5.76. The molecular formula is C16H27N3O. The second kappa shape index (κ2) is 6.27. The molecule has 0 atom stereocenters. The molecule has 0 saturated heterocycles. The summed E-state index contributed by atoms with van der Waals surface area (Å²) in [5, 5.41) is 3.44. The van der Waals surface area contributed by atoms with Crippen LogP contribution in [0.2, 0.25) is 0 Å². The molecule has 1 aliphatic carbocycles. The summed E-state index contributed by atoms with van der Waals surface area (Å²) in [6, 6.07) is 0. The monoisotopic (exact) mass is 277 g/mol. The molecule has 4 nitrogen and oxygen atoms in total. The molecule has 2 aliphatic rings. The number of fused-ring (bicyclic) bond motifs is 1. The molecule has 0 bridgehead atoms. The lowest BCUT2D eigenvalue weighted by molar-refractivity contribution is 0.0717. The van der Waals surface area contributed by atoms with Crippen LogP contribution in [0.15, 0.2) is 0 Å². The van der Waals surface area contributed by atoms with Gasteiger partial charge in [-0.25, -0.2) is 4.98 Å². The van der Waals surface area contributed by atoms with Gasteiger partial charge >= 0.3 is 0 Å². The fourth-order valence-electron chi connectivity index (χ4n) is 3.52. The number of hydrogen-bond acceptors (Lipinski definition) is 3. The van der Waals surface area contributed by atoms with E-state index in [2.05, 4.69) is 23.7 Å². The molecule has 4 heteroatoms. The molecule has 112 valence electrons. The molecule has 0 spiro atoms. The maximum Gasteiger partial charge on any atom is 0.112 e. The van der Waals surface area contributed by atoms with Gasteiger partial charge in [-0.15, -0.1) is 0 Å². The Bertz CT molecular complexity index is 447. The lowest BCUT2D eigenvalue weighted by atomic mass is 10.1. The van der Waals surface area contributed by atoms with Gasteiger partial charge in [0.25, 0.3) is 0 Å². The van der Waals surface area contributed by atoms with E-state index in [1.165, 1.54) is 42.9 Å². The average Bonchev–Trinajstić information content (AvgIpc) is 3.05. The number of rotatable bonds is 5. The van der Waals surface area contributed by atoms with Crippen molar-refractivity contribution in [1.82, 2.24) is 14.9 Å². The largest absolute Gasteiger partial charge is 0.377 e. The Morgan fingerprint density at radius 1 is 1.35 bits per heavy atom. The van der Waals surface area contributed by atoms with Gasteiger partial charge in [0.05, 0.1) is 18.4 Å². The highest BCUT2D eigenvalue weighted by atomic mass is 16.5. The molecule has 1 aromatic heterocycles. The van der Waals surface area contributed by atoms with Crippen molar-refractivity contribution in [1.29, 1.82) is 0 Å². The van der Waals surface area contributed by atoms with E-state index in [9.17, 15) is 0 Å². The van der Waals surface area contributed by atoms with Crippen molar-refractivity contribution >= 4 is 0 Å². The van der Waals surface area contributed by atoms with Crippen molar-refractivity contribution < 1.29 is 4.74 Å². The molecule has 0 radical (unpaired) electrons. The highest BCUT2D eigenvalue weighted by molar-refractivity contribution is 5.22. The van der Waals surface area contributed by atoms with Crippen LogP contribution in [-0.4, -0.2) is 28.8 Å². The van der Waals surface area contributed by atoms with E-state index in [4.69, 9.17) is 9.72 Å². The van der Waals surface area contributed by atoms with Crippen LogP contribution in [-0.2, 0) is 24.2 Å². The summed E-state index contributed by atoms with van der Waals surface area (Å²) >= 11 is 0. The van der Waals surface area contributed by atoms with Gasteiger partial charge in [-0.3, -0.25) is 0 Å². The molecule has 1 aromatic rings. The highest BCUT2D eigenvalue weighted by Gasteiger charge is 2.26. The first-order valence-corrected chi connectivity index (χ1v) is 8.16. The SMILES string of the molecule is CC(C)OCCn1c(C2CCCC2)nc2c1CCNC2. The molecule has 3 rings (SSSR count). The van der Waals surface area contributed by atoms with Crippen molar-refractivity contribution in [3.05, 3.63) is 17.2 Å². The van der Waals surface area contributed by atoms with Gasteiger partial charge in [-0.05, 0) is 26.7 Å². The molecule has 0 amide bonds. The fourth-order valence-corrected chi connectivity index (χ4v) is 3.52. The molecule has 20 heavy (non-hydrogen) atoms. The van der Waals surface area contributed by atoms with E-state index in [-0.39, 0.29) is 0 Å². The molecule has 1 saturated carbocycles. The van der Waals surface area contributed by atoms with Gasteiger partial charge in [-0.2, -0.15) is 0 Å². The summed E-state index contributed by atoms with van der Waals surface area (Å²) in [6.45, 7) is 7.98. The third kappa shape index (κ3) is 2.91. The Morgan fingerprint density at radius 3 is 2.90 bits per heavy atom. The van der Waals surface area contributed by atoms with Gasteiger partial charge in [0.2, 0.25) is 0 Å². The van der Waals surface area contributed by atoms with Gasteiger partial charge in [0, 0.05) is 37.7 Å². The van der Waals surface area contributed by atoms with Gasteiger partial charge in [0.1, 0.15) is 5.82 Å². The van der Waals surface area contributed by atoms with Crippen LogP contribution in [0, 0.1) is 0 Å². The molecule has 0 unspecified atom stereocenters. The summed E-state index contributed by atoms with van der Waals surface area (Å²) in [5.74, 6) is 2.02. The average molecular weight is 277 g/mol. The van der Waals surface area contributed by atoms with Crippen LogP contribution >= 0.6 is 0 Å². The molecular weight excluding hydrogens is 250 g/mol. The van der Waals surface area contributed by atoms with E-state index >= 15 is 0 Å². The number of aromatic nitrogens is 2. The van der Waals surface area contributed by atoms with Crippen molar-refractivity contribution in [2.24, 2.45) is 0 Å². The molecule has 0 aromatic carbocycles. The summed E-state index contributed by atoms with van der Waals surface area (Å²) < 4.78 is 8.24. The number of nitrogens with zero attached hydrogens (tertiary/aromatic N) is 2. The summed E-state index contributed by atoms with van der Waals surface area (Å²) in [6.07, 6.45) is 6.77. The van der Waals surface area contributed by atoms with Crippen molar-refractivity contribution in [2.75, 3.05) is 13.2 Å². The van der Waals surface area contributed by atoms with Crippen LogP contribution < -0.4 is 5.32 Å². The third-order valence-electron chi connectivity index (χ3n) is 4.50. The second-order valence-corrected chi connectivity index (χ2v) is 6.34. The first-order chi connectivity index (χ1) is 9.75. The minimum atomic E-state index is 0.311. The van der Waals surface area contributed by atoms with Crippen LogP contribution in [0.1, 0.15) is 62.7 Å². The standard InChI is InChI=1S/C16H27N3O/c1-12(2)20-10-9-19-15-7-8-17-11-14(15)18-16(19)13-5-3-4-6-13/h12-13,17H,3-11H2,1-2H3. The highest BCUT2D eigenvalue weighted by Crippen LogP contribution is 2.35. The number of hydrogen-bond donors (Lipinski definition) is 1. The number of ether oxygens (including phenoxy) is 1. The molecule has 1 aliphatic heterocycles. The minimum absolute atomic E-state index is 0.311. The van der Waals surface area contributed by atoms with Crippen LogP contribution in [0.25, 0.3) is 0 Å². The maximum atomic E-state index is 5.76. The Balaban J connectivity index is 1.81. The Kier molecular flexibility index (Phi) is 4.41. The summed E-state index contributed by atoms with van der Waals surface area (Å²) in [7, 11) is 0. The van der Waals surface area contributed by atoms with Crippen LogP contribution in [0.4, 0.5) is 0 Å². The second-order valence-electron chi connectivity index (χ2n) is 6.34. The number of nitrogens with one attached hydrogen (secondary N) is 1. The van der Waals surface area contributed by atoms with E-state index < -0.39 is 0 Å². The van der Waals surface area contributed by atoms with E-state index in [1.807, 2.05) is 0 Å². The first-order valence-electron chi connectivity index (χ1n) is 8.16. The third-order valence-corrected chi connectivity index (χ3v) is 4.50. The lowest BCUT2D eigenvalue weighted by Crippen LogP contribution is -2.25. The van der Waals surface area contributed by atoms with Crippen LogP contribution in [0.5, 0.6) is 0 Å². The van der Waals surface area contributed by atoms with Gasteiger partial charge in [0.15, 0.2) is 0 Å². The zero-order valence-corrected chi connectivity index (χ0v) is 12.8. The van der Waals surface area contributed by atoms with Crippen molar-refractivity contribution in [3.63, 3.8) is 0 Å². The first kappa shape index (κ1) is 14.1. The molecule has 2 heterocycles. The predicted octanol–water partition coefficient (Wildman–Crippen LogP) is 2.61. The van der Waals surface area contributed by atoms with Gasteiger partial charge in [-0.1, -0.05) is 12.8 Å². The summed E-state index contributed by atoms with van der Waals surface area (Å²) in [5.41, 5.74) is 2.74. The molecule has 1 N–H and O–H groups in total. The van der Waals surface area contributed by atoms with Crippen LogP contribution in [0.3, 0.4) is 0 Å². The quantitative estimate of drug-likeness (QED) is 0.899. The van der Waals surface area contributed by atoms with Crippen molar-refractivity contribution in [3.8, 4) is 0 Å². The zero-order chi connectivity index (χ0) is 13.9. The Labute approximate surface area is 121 Å². The predicted molar refractivity (Wildman–Crippen MR) is 79.9 cm³/mol. The smallest absolute Gasteiger partial charge is 0.112 e. The zero-order valence-electron chi connectivity index (χ0n) is 12.8. The van der Waals surface area contributed by atoms with E-state index in [0.717, 1.165) is 32.7 Å². The lowest BCUT2D eigenvalue weighted by Gasteiger charge is -2.18. The summed E-state index contributed by atoms with van der Waals surface area (Å²) in [4.78, 5) is 4.98. The fraction of sp³-hybridized carbons (Fsp3) is 0.812. The Hall–Kier alpha value is -0.870. The minimum Gasteiger partial charge on any atom is -0.377 e. The van der Waals surface area contributed by atoms with E-state index in [0.29, 0.717) is 12.0 Å². The number of imidazole rings is 1. The van der Waals surface area contributed by atoms with E-state index in [1.54, 1.807) is 0 Å².